The highest BCUT2D eigenvalue weighted by Gasteiger charge is 2.21. The summed E-state index contributed by atoms with van der Waals surface area (Å²) in [5, 5.41) is 8.85. The lowest BCUT2D eigenvalue weighted by atomic mass is 9.78. The molecule has 0 aliphatic heterocycles. The molecule has 1 aromatic carbocycles. The molecule has 1 aliphatic rings. The van der Waals surface area contributed by atoms with Crippen molar-refractivity contribution in [2.45, 2.75) is 58.3 Å². The predicted octanol–water partition coefficient (Wildman–Crippen LogP) is 5.69. The van der Waals surface area contributed by atoms with Crippen LogP contribution in [0.1, 0.15) is 63.3 Å². The van der Waals surface area contributed by atoms with Crippen molar-refractivity contribution < 1.29 is 4.39 Å². The van der Waals surface area contributed by atoms with Crippen LogP contribution in [-0.2, 0) is 6.42 Å². The minimum atomic E-state index is -0.480. The van der Waals surface area contributed by atoms with E-state index in [1.807, 2.05) is 0 Å². The molecule has 0 amide bonds. The molecule has 1 saturated carbocycles. The number of hydrogen-bond acceptors (Lipinski definition) is 3. The molecule has 136 valence electrons. The summed E-state index contributed by atoms with van der Waals surface area (Å²) in [6.07, 6.45) is 11.3. The SMILES string of the molecule is CCC[C@H]1CC[C@H](CCc2ncc(-c3ccc(C#N)cc3)c(F)n2)CC1. The average Bonchev–Trinajstić information content (AvgIpc) is 2.68. The standard InChI is InChI=1S/C22H26FN3/c1-2-3-16-4-6-17(7-5-16)10-13-21-25-15-20(22(23)26-21)19-11-8-18(14-24)9-12-19/h8-9,11-12,15-17H,2-7,10,13H2,1H3/t16-,17-. The van der Waals surface area contributed by atoms with E-state index < -0.39 is 5.95 Å². The summed E-state index contributed by atoms with van der Waals surface area (Å²) in [6, 6.07) is 8.88. The van der Waals surface area contributed by atoms with Gasteiger partial charge in [0.1, 0.15) is 5.82 Å². The van der Waals surface area contributed by atoms with Gasteiger partial charge in [-0.15, -0.1) is 0 Å². The second-order valence-electron chi connectivity index (χ2n) is 7.39. The van der Waals surface area contributed by atoms with E-state index in [0.29, 0.717) is 22.5 Å². The Morgan fingerprint density at radius 3 is 2.31 bits per heavy atom. The fraction of sp³-hybridized carbons (Fsp3) is 0.500. The Morgan fingerprint density at radius 1 is 1.08 bits per heavy atom. The summed E-state index contributed by atoms with van der Waals surface area (Å²) in [4.78, 5) is 8.45. The van der Waals surface area contributed by atoms with Crippen LogP contribution >= 0.6 is 0 Å². The highest BCUT2D eigenvalue weighted by molar-refractivity contribution is 5.63. The van der Waals surface area contributed by atoms with Crippen LogP contribution in [0.25, 0.3) is 11.1 Å². The van der Waals surface area contributed by atoms with Gasteiger partial charge in [-0.3, -0.25) is 0 Å². The first-order valence-corrected chi connectivity index (χ1v) is 9.71. The van der Waals surface area contributed by atoms with E-state index in [1.165, 1.54) is 38.5 Å². The molecule has 0 radical (unpaired) electrons. The zero-order valence-electron chi connectivity index (χ0n) is 15.4. The van der Waals surface area contributed by atoms with Crippen molar-refractivity contribution in [3.63, 3.8) is 0 Å². The van der Waals surface area contributed by atoms with Crippen LogP contribution in [0.3, 0.4) is 0 Å². The molecular weight excluding hydrogens is 325 g/mol. The average molecular weight is 351 g/mol. The smallest absolute Gasteiger partial charge is 0.224 e. The summed E-state index contributed by atoms with van der Waals surface area (Å²) < 4.78 is 14.4. The van der Waals surface area contributed by atoms with E-state index >= 15 is 0 Å². The number of nitriles is 1. The van der Waals surface area contributed by atoms with Gasteiger partial charge in [-0.05, 0) is 36.0 Å². The van der Waals surface area contributed by atoms with Gasteiger partial charge in [-0.1, -0.05) is 57.6 Å². The van der Waals surface area contributed by atoms with Crippen LogP contribution in [0.4, 0.5) is 4.39 Å². The summed E-state index contributed by atoms with van der Waals surface area (Å²) >= 11 is 0. The van der Waals surface area contributed by atoms with Crippen LogP contribution in [0.2, 0.25) is 0 Å². The van der Waals surface area contributed by atoms with Crippen LogP contribution in [0, 0.1) is 29.1 Å². The van der Waals surface area contributed by atoms with Crippen LogP contribution < -0.4 is 0 Å². The van der Waals surface area contributed by atoms with Crippen molar-refractivity contribution in [3.05, 3.63) is 47.8 Å². The fourth-order valence-electron chi connectivity index (χ4n) is 3.98. The van der Waals surface area contributed by atoms with Gasteiger partial charge in [0.05, 0.1) is 17.2 Å². The molecule has 3 rings (SSSR count). The second-order valence-corrected chi connectivity index (χ2v) is 7.39. The number of nitrogens with zero attached hydrogens (tertiary/aromatic N) is 3. The van der Waals surface area contributed by atoms with Crippen molar-refractivity contribution in [1.82, 2.24) is 9.97 Å². The van der Waals surface area contributed by atoms with Crippen molar-refractivity contribution in [1.29, 1.82) is 5.26 Å². The number of rotatable bonds is 6. The minimum Gasteiger partial charge on any atom is -0.241 e. The predicted molar refractivity (Wildman–Crippen MR) is 101 cm³/mol. The number of benzene rings is 1. The third-order valence-electron chi connectivity index (χ3n) is 5.56. The molecule has 0 spiro atoms. The van der Waals surface area contributed by atoms with Crippen molar-refractivity contribution in [2.24, 2.45) is 11.8 Å². The summed E-state index contributed by atoms with van der Waals surface area (Å²) in [5.41, 5.74) is 1.64. The lowest BCUT2D eigenvalue weighted by Crippen LogP contribution is -2.15. The molecule has 26 heavy (non-hydrogen) atoms. The molecule has 4 heteroatoms. The first kappa shape index (κ1) is 18.5. The molecule has 0 unspecified atom stereocenters. The Labute approximate surface area is 155 Å². The van der Waals surface area contributed by atoms with Gasteiger partial charge in [0.2, 0.25) is 5.95 Å². The van der Waals surface area contributed by atoms with Gasteiger partial charge in [0.25, 0.3) is 0 Å². The Morgan fingerprint density at radius 2 is 1.73 bits per heavy atom. The first-order chi connectivity index (χ1) is 12.7. The zero-order valence-corrected chi connectivity index (χ0v) is 15.4. The van der Waals surface area contributed by atoms with Gasteiger partial charge in [-0.25, -0.2) is 9.97 Å². The molecular formula is C22H26FN3. The van der Waals surface area contributed by atoms with Gasteiger partial charge < -0.3 is 0 Å². The number of aryl methyl sites for hydroxylation is 1. The Kier molecular flexibility index (Phi) is 6.33. The first-order valence-electron chi connectivity index (χ1n) is 9.71. The van der Waals surface area contributed by atoms with Gasteiger partial charge in [0, 0.05) is 12.6 Å². The second kappa shape index (κ2) is 8.89. The maximum Gasteiger partial charge on any atom is 0.224 e. The summed E-state index contributed by atoms with van der Waals surface area (Å²) in [6.45, 7) is 2.26. The highest BCUT2D eigenvalue weighted by Crippen LogP contribution is 2.33. The largest absolute Gasteiger partial charge is 0.241 e. The molecule has 1 aliphatic carbocycles. The molecule has 0 N–H and O–H groups in total. The molecule has 0 saturated heterocycles. The number of hydrogen-bond donors (Lipinski definition) is 0. The van der Waals surface area contributed by atoms with Crippen LogP contribution in [0.5, 0.6) is 0 Å². The van der Waals surface area contributed by atoms with E-state index in [0.717, 1.165) is 24.7 Å². The number of halogens is 1. The van der Waals surface area contributed by atoms with Gasteiger partial charge in [0.15, 0.2) is 0 Å². The molecule has 2 aromatic rings. The lowest BCUT2D eigenvalue weighted by Gasteiger charge is -2.28. The summed E-state index contributed by atoms with van der Waals surface area (Å²) in [7, 11) is 0. The highest BCUT2D eigenvalue weighted by atomic mass is 19.1. The number of aromatic nitrogens is 2. The zero-order chi connectivity index (χ0) is 18.4. The van der Waals surface area contributed by atoms with Crippen LogP contribution in [-0.4, -0.2) is 9.97 Å². The van der Waals surface area contributed by atoms with E-state index in [1.54, 1.807) is 30.5 Å². The molecule has 1 fully saturated rings. The van der Waals surface area contributed by atoms with E-state index in [-0.39, 0.29) is 0 Å². The third-order valence-corrected chi connectivity index (χ3v) is 5.56. The van der Waals surface area contributed by atoms with E-state index in [9.17, 15) is 4.39 Å². The van der Waals surface area contributed by atoms with Gasteiger partial charge >= 0.3 is 0 Å². The van der Waals surface area contributed by atoms with Gasteiger partial charge in [-0.2, -0.15) is 9.65 Å². The van der Waals surface area contributed by atoms with Crippen molar-refractivity contribution in [3.8, 4) is 17.2 Å². The Balaban J connectivity index is 1.57. The fourth-order valence-corrected chi connectivity index (χ4v) is 3.98. The Bertz CT molecular complexity index is 756. The quantitative estimate of drug-likeness (QED) is 0.628. The lowest BCUT2D eigenvalue weighted by molar-refractivity contribution is 0.251. The maximum absolute atomic E-state index is 14.4. The minimum absolute atomic E-state index is 0.387. The molecule has 1 aromatic heterocycles. The molecule has 0 atom stereocenters. The third kappa shape index (κ3) is 4.66. The summed E-state index contributed by atoms with van der Waals surface area (Å²) in [5.74, 6) is 1.76. The van der Waals surface area contributed by atoms with Crippen LogP contribution in [0.15, 0.2) is 30.5 Å². The van der Waals surface area contributed by atoms with E-state index in [2.05, 4.69) is 23.0 Å². The molecule has 0 bridgehead atoms. The van der Waals surface area contributed by atoms with Crippen molar-refractivity contribution >= 4 is 0 Å². The Hall–Kier alpha value is -2.28. The van der Waals surface area contributed by atoms with Crippen molar-refractivity contribution in [2.75, 3.05) is 0 Å². The molecule has 3 nitrogen and oxygen atoms in total. The molecule has 1 heterocycles. The monoisotopic (exact) mass is 351 g/mol. The topological polar surface area (TPSA) is 49.6 Å². The van der Waals surface area contributed by atoms with E-state index in [4.69, 9.17) is 5.26 Å². The normalized spacial score (nSPS) is 19.9. The maximum atomic E-state index is 14.4.